The summed E-state index contributed by atoms with van der Waals surface area (Å²) in [5.74, 6) is 0. The van der Waals surface area contributed by atoms with Crippen molar-refractivity contribution < 1.29 is 0 Å². The highest BCUT2D eigenvalue weighted by atomic mass is 15.2. The largest absolute Gasteiger partial charge is 0.328 e. The van der Waals surface area contributed by atoms with Crippen LogP contribution >= 0.6 is 0 Å². The van der Waals surface area contributed by atoms with Gasteiger partial charge in [-0.25, -0.2) is 0 Å². The Labute approximate surface area is 92.1 Å². The maximum atomic E-state index is 6.02. The lowest BCUT2D eigenvalue weighted by molar-refractivity contribution is 0.0784. The van der Waals surface area contributed by atoms with E-state index in [0.717, 1.165) is 6.54 Å². The maximum Gasteiger partial charge on any atom is 0.0581 e. The Hall–Kier alpha value is -0.860. The lowest BCUT2D eigenvalue weighted by atomic mass is 9.81. The number of hydrogen-bond donors (Lipinski definition) is 1. The summed E-state index contributed by atoms with van der Waals surface area (Å²) in [6, 6.07) is 10.7. The van der Waals surface area contributed by atoms with Crippen LogP contribution in [0.1, 0.15) is 24.8 Å². The monoisotopic (exact) mass is 204 g/mol. The Kier molecular flexibility index (Phi) is 3.08. The second-order valence-electron chi connectivity index (χ2n) is 4.48. The van der Waals surface area contributed by atoms with Crippen molar-refractivity contribution in [3.05, 3.63) is 35.9 Å². The predicted molar refractivity (Wildman–Crippen MR) is 63.7 cm³/mol. The molecule has 1 heterocycles. The summed E-state index contributed by atoms with van der Waals surface area (Å²) < 4.78 is 0. The van der Waals surface area contributed by atoms with Gasteiger partial charge < -0.3 is 5.73 Å². The molecule has 2 nitrogen and oxygen atoms in total. The number of likely N-dealkylation sites (tertiary alicyclic amines) is 1. The zero-order valence-corrected chi connectivity index (χ0v) is 9.45. The van der Waals surface area contributed by atoms with Crippen molar-refractivity contribution in [2.75, 3.05) is 20.1 Å². The van der Waals surface area contributed by atoms with Gasteiger partial charge in [0.25, 0.3) is 0 Å². The Balaban J connectivity index is 2.35. The third-order valence-corrected chi connectivity index (χ3v) is 3.71. The van der Waals surface area contributed by atoms with Crippen molar-refractivity contribution >= 4 is 0 Å². The van der Waals surface area contributed by atoms with Gasteiger partial charge in [-0.15, -0.1) is 0 Å². The SMILES string of the molecule is CN1CCCCC1(CN)c1ccccc1. The first-order chi connectivity index (χ1) is 7.29. The molecule has 15 heavy (non-hydrogen) atoms. The zero-order valence-electron chi connectivity index (χ0n) is 9.45. The van der Waals surface area contributed by atoms with Crippen LogP contribution in [0.15, 0.2) is 30.3 Å². The average Bonchev–Trinajstić information content (AvgIpc) is 2.31. The fraction of sp³-hybridized carbons (Fsp3) is 0.538. The normalized spacial score (nSPS) is 27.9. The molecule has 0 radical (unpaired) electrons. The van der Waals surface area contributed by atoms with E-state index >= 15 is 0 Å². The van der Waals surface area contributed by atoms with E-state index in [2.05, 4.69) is 42.3 Å². The summed E-state index contributed by atoms with van der Waals surface area (Å²) in [7, 11) is 2.19. The van der Waals surface area contributed by atoms with Gasteiger partial charge in [-0.2, -0.15) is 0 Å². The van der Waals surface area contributed by atoms with E-state index in [4.69, 9.17) is 5.73 Å². The van der Waals surface area contributed by atoms with Gasteiger partial charge in [-0.3, -0.25) is 4.90 Å². The molecule has 1 saturated heterocycles. The van der Waals surface area contributed by atoms with Crippen molar-refractivity contribution in [1.29, 1.82) is 0 Å². The van der Waals surface area contributed by atoms with Crippen LogP contribution in [0.3, 0.4) is 0 Å². The Morgan fingerprint density at radius 1 is 1.27 bits per heavy atom. The van der Waals surface area contributed by atoms with Gasteiger partial charge in [0.05, 0.1) is 5.54 Å². The number of benzene rings is 1. The maximum absolute atomic E-state index is 6.02. The predicted octanol–water partition coefficient (Wildman–Crippen LogP) is 1.96. The molecular weight excluding hydrogens is 184 g/mol. The molecule has 1 aromatic carbocycles. The minimum absolute atomic E-state index is 0.0828. The van der Waals surface area contributed by atoms with Crippen molar-refractivity contribution in [2.45, 2.75) is 24.8 Å². The molecular formula is C13H20N2. The Bertz CT molecular complexity index is 310. The molecule has 0 spiro atoms. The van der Waals surface area contributed by atoms with Crippen LogP contribution in [0.4, 0.5) is 0 Å². The number of nitrogens with zero attached hydrogens (tertiary/aromatic N) is 1. The van der Waals surface area contributed by atoms with E-state index in [1.165, 1.54) is 24.8 Å². The summed E-state index contributed by atoms with van der Waals surface area (Å²) in [6.45, 7) is 1.87. The van der Waals surface area contributed by atoms with Crippen LogP contribution in [-0.4, -0.2) is 25.0 Å². The molecule has 0 bridgehead atoms. The molecule has 1 aliphatic rings. The van der Waals surface area contributed by atoms with Gasteiger partial charge in [0, 0.05) is 6.54 Å². The molecule has 0 saturated carbocycles. The van der Waals surface area contributed by atoms with Gasteiger partial charge in [0.15, 0.2) is 0 Å². The van der Waals surface area contributed by atoms with Gasteiger partial charge in [-0.05, 0) is 38.4 Å². The number of rotatable bonds is 2. The van der Waals surface area contributed by atoms with Crippen LogP contribution < -0.4 is 5.73 Å². The first-order valence-corrected chi connectivity index (χ1v) is 5.76. The number of hydrogen-bond acceptors (Lipinski definition) is 2. The van der Waals surface area contributed by atoms with E-state index < -0.39 is 0 Å². The van der Waals surface area contributed by atoms with Crippen molar-refractivity contribution in [3.8, 4) is 0 Å². The molecule has 2 rings (SSSR count). The van der Waals surface area contributed by atoms with Crippen molar-refractivity contribution in [1.82, 2.24) is 4.90 Å². The summed E-state index contributed by atoms with van der Waals surface area (Å²) in [5, 5.41) is 0. The molecule has 0 amide bonds. The summed E-state index contributed by atoms with van der Waals surface area (Å²) in [4.78, 5) is 2.42. The molecule has 2 N–H and O–H groups in total. The molecule has 0 aliphatic carbocycles. The molecule has 1 atom stereocenters. The van der Waals surface area contributed by atoms with Crippen LogP contribution in [0.2, 0.25) is 0 Å². The average molecular weight is 204 g/mol. The van der Waals surface area contributed by atoms with E-state index in [9.17, 15) is 0 Å². The molecule has 82 valence electrons. The third kappa shape index (κ3) is 1.80. The quantitative estimate of drug-likeness (QED) is 0.798. The summed E-state index contributed by atoms with van der Waals surface area (Å²) in [6.07, 6.45) is 3.77. The van der Waals surface area contributed by atoms with Crippen molar-refractivity contribution in [3.63, 3.8) is 0 Å². The van der Waals surface area contributed by atoms with E-state index in [1.807, 2.05) is 0 Å². The van der Waals surface area contributed by atoms with Gasteiger partial charge in [0.2, 0.25) is 0 Å². The Morgan fingerprint density at radius 3 is 2.60 bits per heavy atom. The zero-order chi connectivity index (χ0) is 10.7. The minimum Gasteiger partial charge on any atom is -0.328 e. The highest BCUT2D eigenvalue weighted by Gasteiger charge is 2.36. The fourth-order valence-corrected chi connectivity index (χ4v) is 2.66. The highest BCUT2D eigenvalue weighted by molar-refractivity contribution is 5.25. The standard InChI is InChI=1S/C13H20N2/c1-15-10-6-5-9-13(15,11-14)12-7-3-2-4-8-12/h2-4,7-8H,5-6,9-11,14H2,1H3. The van der Waals surface area contributed by atoms with Crippen LogP contribution in [0.25, 0.3) is 0 Å². The second-order valence-corrected chi connectivity index (χ2v) is 4.48. The number of likely N-dealkylation sites (N-methyl/N-ethyl adjacent to an activating group) is 1. The second kappa shape index (κ2) is 4.33. The third-order valence-electron chi connectivity index (χ3n) is 3.71. The lowest BCUT2D eigenvalue weighted by Gasteiger charge is -2.45. The molecule has 1 aliphatic heterocycles. The van der Waals surface area contributed by atoms with Gasteiger partial charge in [0.1, 0.15) is 0 Å². The fourth-order valence-electron chi connectivity index (χ4n) is 2.66. The van der Waals surface area contributed by atoms with Crippen LogP contribution in [0, 0.1) is 0 Å². The molecule has 1 unspecified atom stereocenters. The van der Waals surface area contributed by atoms with E-state index in [-0.39, 0.29) is 5.54 Å². The highest BCUT2D eigenvalue weighted by Crippen LogP contribution is 2.35. The number of piperidine rings is 1. The van der Waals surface area contributed by atoms with Crippen LogP contribution in [-0.2, 0) is 5.54 Å². The molecule has 2 heteroatoms. The smallest absolute Gasteiger partial charge is 0.0581 e. The lowest BCUT2D eigenvalue weighted by Crippen LogP contribution is -2.51. The van der Waals surface area contributed by atoms with E-state index in [0.29, 0.717) is 6.54 Å². The minimum atomic E-state index is 0.0828. The summed E-state index contributed by atoms with van der Waals surface area (Å²) >= 11 is 0. The van der Waals surface area contributed by atoms with Gasteiger partial charge >= 0.3 is 0 Å². The molecule has 0 aromatic heterocycles. The van der Waals surface area contributed by atoms with Crippen LogP contribution in [0.5, 0.6) is 0 Å². The Morgan fingerprint density at radius 2 is 2.00 bits per heavy atom. The molecule has 1 aromatic rings. The van der Waals surface area contributed by atoms with E-state index in [1.54, 1.807) is 0 Å². The van der Waals surface area contributed by atoms with Crippen molar-refractivity contribution in [2.24, 2.45) is 5.73 Å². The topological polar surface area (TPSA) is 29.3 Å². The summed E-state index contributed by atoms with van der Waals surface area (Å²) in [5.41, 5.74) is 7.47. The van der Waals surface area contributed by atoms with Gasteiger partial charge in [-0.1, -0.05) is 30.3 Å². The first-order valence-electron chi connectivity index (χ1n) is 5.76. The number of nitrogens with two attached hydrogens (primary N) is 1. The molecule has 1 fully saturated rings. The first kappa shape index (κ1) is 10.7.